The van der Waals surface area contributed by atoms with Gasteiger partial charge in [-0.3, -0.25) is 19.4 Å². The van der Waals surface area contributed by atoms with Gasteiger partial charge in [0.05, 0.1) is 29.1 Å². The summed E-state index contributed by atoms with van der Waals surface area (Å²) >= 11 is 5.94. The molecule has 0 saturated heterocycles. The number of rotatable bonds is 7. The van der Waals surface area contributed by atoms with E-state index in [0.29, 0.717) is 0 Å². The van der Waals surface area contributed by atoms with Crippen LogP contribution in [0.3, 0.4) is 0 Å². The Labute approximate surface area is 186 Å². The van der Waals surface area contributed by atoms with Crippen molar-refractivity contribution in [3.63, 3.8) is 0 Å². The lowest BCUT2D eigenvalue weighted by molar-refractivity contribution is 0.0922. The van der Waals surface area contributed by atoms with Crippen molar-refractivity contribution in [2.75, 3.05) is 11.9 Å². The lowest BCUT2D eigenvalue weighted by Gasteiger charge is -2.16. The molecule has 0 fully saturated rings. The standard InChI is InChI=1S/C21H19ClFN5O4/c1-10(9-29)26-21(32)14-8-25-5-4-16(14)27-17-7-13(20(31)28-18(17)19(24)30)12-6-11(22)2-3-15(12)23/h2-8,10,29H,9H2,1H3,(H2,24,30)(H,25,27)(H,26,32)(H,28,31). The Kier molecular flexibility index (Phi) is 6.86. The SMILES string of the molecule is CC(CO)NC(=O)c1cnccc1Nc1cc(-c2cc(Cl)ccc2F)c(=O)[nH]c1C(N)=O. The number of carbonyl (C=O) groups is 2. The molecule has 0 saturated carbocycles. The maximum Gasteiger partial charge on any atom is 0.267 e. The van der Waals surface area contributed by atoms with Crippen LogP contribution in [0.2, 0.25) is 5.02 Å². The summed E-state index contributed by atoms with van der Waals surface area (Å²) in [5.74, 6) is -2.18. The zero-order chi connectivity index (χ0) is 23.4. The van der Waals surface area contributed by atoms with Crippen LogP contribution >= 0.6 is 11.6 Å². The summed E-state index contributed by atoms with van der Waals surface area (Å²) in [6, 6.07) is 5.92. The highest BCUT2D eigenvalue weighted by Gasteiger charge is 2.19. The first-order chi connectivity index (χ1) is 15.2. The number of nitrogens with one attached hydrogen (secondary N) is 3. The lowest BCUT2D eigenvalue weighted by atomic mass is 10.0. The Morgan fingerprint density at radius 3 is 2.69 bits per heavy atom. The van der Waals surface area contributed by atoms with Crippen molar-refractivity contribution < 1.29 is 19.1 Å². The van der Waals surface area contributed by atoms with Gasteiger partial charge in [-0.15, -0.1) is 0 Å². The van der Waals surface area contributed by atoms with Crippen molar-refractivity contribution in [3.05, 3.63) is 75.2 Å². The van der Waals surface area contributed by atoms with Gasteiger partial charge in [0, 0.05) is 29.0 Å². The van der Waals surface area contributed by atoms with Crippen LogP contribution in [0, 0.1) is 5.82 Å². The highest BCUT2D eigenvalue weighted by atomic mass is 35.5. The van der Waals surface area contributed by atoms with Gasteiger partial charge in [0.2, 0.25) is 0 Å². The van der Waals surface area contributed by atoms with Crippen LogP contribution < -0.4 is 21.9 Å². The topological polar surface area (TPSA) is 150 Å². The highest BCUT2D eigenvalue weighted by molar-refractivity contribution is 6.30. The van der Waals surface area contributed by atoms with Crippen LogP contribution in [-0.4, -0.2) is 39.5 Å². The molecule has 9 nitrogen and oxygen atoms in total. The third-order valence-electron chi connectivity index (χ3n) is 4.49. The molecule has 2 amide bonds. The smallest absolute Gasteiger partial charge is 0.267 e. The van der Waals surface area contributed by atoms with E-state index < -0.39 is 29.2 Å². The molecule has 166 valence electrons. The number of anilines is 2. The van der Waals surface area contributed by atoms with Crippen LogP contribution in [0.25, 0.3) is 11.1 Å². The molecule has 32 heavy (non-hydrogen) atoms. The second-order valence-electron chi connectivity index (χ2n) is 6.89. The maximum absolute atomic E-state index is 14.4. The molecule has 0 radical (unpaired) electrons. The molecule has 0 aliphatic rings. The van der Waals surface area contributed by atoms with Crippen molar-refractivity contribution >= 4 is 34.8 Å². The molecule has 0 spiro atoms. The Morgan fingerprint density at radius 2 is 2.00 bits per heavy atom. The number of aromatic amines is 1. The molecule has 11 heteroatoms. The van der Waals surface area contributed by atoms with E-state index in [0.717, 1.165) is 6.07 Å². The van der Waals surface area contributed by atoms with E-state index in [2.05, 4.69) is 20.6 Å². The summed E-state index contributed by atoms with van der Waals surface area (Å²) < 4.78 is 14.4. The number of benzene rings is 1. The summed E-state index contributed by atoms with van der Waals surface area (Å²) in [4.78, 5) is 43.3. The summed E-state index contributed by atoms with van der Waals surface area (Å²) in [5.41, 5.74) is 4.55. The molecule has 3 aromatic rings. The van der Waals surface area contributed by atoms with Crippen LogP contribution in [0.4, 0.5) is 15.8 Å². The summed E-state index contributed by atoms with van der Waals surface area (Å²) in [7, 11) is 0. The number of carbonyl (C=O) groups excluding carboxylic acids is 2. The average molecular weight is 460 g/mol. The Morgan fingerprint density at radius 1 is 1.25 bits per heavy atom. The number of H-pyrrole nitrogens is 1. The summed E-state index contributed by atoms with van der Waals surface area (Å²) in [6.07, 6.45) is 2.69. The third-order valence-corrected chi connectivity index (χ3v) is 4.73. The number of halogens is 2. The quantitative estimate of drug-likeness (QED) is 0.365. The second-order valence-corrected chi connectivity index (χ2v) is 7.33. The number of primary amides is 1. The van der Waals surface area contributed by atoms with E-state index in [1.807, 2.05) is 0 Å². The first-order valence-electron chi connectivity index (χ1n) is 9.36. The number of aliphatic hydroxyl groups is 1. The number of hydrogen-bond donors (Lipinski definition) is 5. The van der Waals surface area contributed by atoms with E-state index >= 15 is 0 Å². The minimum absolute atomic E-state index is 0.0296. The van der Waals surface area contributed by atoms with E-state index in [1.54, 1.807) is 6.92 Å². The monoisotopic (exact) mass is 459 g/mol. The van der Waals surface area contributed by atoms with E-state index in [1.165, 1.54) is 36.7 Å². The van der Waals surface area contributed by atoms with E-state index in [9.17, 15) is 18.8 Å². The third kappa shape index (κ3) is 4.93. The number of hydrogen-bond acceptors (Lipinski definition) is 6. The van der Waals surface area contributed by atoms with Gasteiger partial charge in [-0.2, -0.15) is 0 Å². The van der Waals surface area contributed by atoms with Gasteiger partial charge < -0.3 is 26.5 Å². The number of amides is 2. The number of nitrogens with zero attached hydrogens (tertiary/aromatic N) is 1. The molecule has 0 aliphatic heterocycles. The van der Waals surface area contributed by atoms with Crippen LogP contribution in [-0.2, 0) is 0 Å². The largest absolute Gasteiger partial charge is 0.394 e. The van der Waals surface area contributed by atoms with Crippen LogP contribution in [0.1, 0.15) is 27.8 Å². The first kappa shape index (κ1) is 22.9. The molecule has 0 aliphatic carbocycles. The molecular formula is C21H19ClFN5O4. The van der Waals surface area contributed by atoms with Gasteiger partial charge in [-0.05, 0) is 37.3 Å². The summed E-state index contributed by atoms with van der Waals surface area (Å²) in [6.45, 7) is 1.34. The van der Waals surface area contributed by atoms with Crippen LogP contribution in [0.15, 0.2) is 47.5 Å². The predicted molar refractivity (Wildman–Crippen MR) is 118 cm³/mol. The second kappa shape index (κ2) is 9.58. The van der Waals surface area contributed by atoms with Gasteiger partial charge in [0.1, 0.15) is 11.5 Å². The molecule has 6 N–H and O–H groups in total. The number of aliphatic hydroxyl groups excluding tert-OH is 1. The van der Waals surface area contributed by atoms with Crippen molar-refractivity contribution in [3.8, 4) is 11.1 Å². The van der Waals surface area contributed by atoms with Crippen molar-refractivity contribution in [2.24, 2.45) is 5.73 Å². The lowest BCUT2D eigenvalue weighted by Crippen LogP contribution is -2.35. The fourth-order valence-corrected chi connectivity index (χ4v) is 3.08. The summed E-state index contributed by atoms with van der Waals surface area (Å²) in [5, 5.41) is 14.8. The molecule has 2 aromatic heterocycles. The fraction of sp³-hybridized carbons (Fsp3) is 0.143. The number of aromatic nitrogens is 2. The maximum atomic E-state index is 14.4. The van der Waals surface area contributed by atoms with Crippen molar-refractivity contribution in [1.82, 2.24) is 15.3 Å². The predicted octanol–water partition coefficient (Wildman–Crippen LogP) is 2.18. The molecular weight excluding hydrogens is 441 g/mol. The Bertz CT molecular complexity index is 1250. The molecule has 3 rings (SSSR count). The van der Waals surface area contributed by atoms with Gasteiger partial charge in [-0.25, -0.2) is 4.39 Å². The molecule has 2 heterocycles. The minimum atomic E-state index is -0.948. The number of pyridine rings is 2. The van der Waals surface area contributed by atoms with Crippen molar-refractivity contribution in [2.45, 2.75) is 13.0 Å². The highest BCUT2D eigenvalue weighted by Crippen LogP contribution is 2.28. The number of nitrogens with two attached hydrogens (primary N) is 1. The fourth-order valence-electron chi connectivity index (χ4n) is 2.90. The normalized spacial score (nSPS) is 11.6. The van der Waals surface area contributed by atoms with Crippen LogP contribution in [0.5, 0.6) is 0 Å². The van der Waals surface area contributed by atoms with Crippen molar-refractivity contribution in [1.29, 1.82) is 0 Å². The molecule has 1 atom stereocenters. The van der Waals surface area contributed by atoms with Gasteiger partial charge >= 0.3 is 0 Å². The zero-order valence-electron chi connectivity index (χ0n) is 16.8. The zero-order valence-corrected chi connectivity index (χ0v) is 17.5. The minimum Gasteiger partial charge on any atom is -0.394 e. The first-order valence-corrected chi connectivity index (χ1v) is 9.74. The molecule has 1 aromatic carbocycles. The van der Waals surface area contributed by atoms with Gasteiger partial charge in [0.25, 0.3) is 17.4 Å². The van der Waals surface area contributed by atoms with Gasteiger partial charge in [0.15, 0.2) is 0 Å². The van der Waals surface area contributed by atoms with E-state index in [-0.39, 0.29) is 45.4 Å². The van der Waals surface area contributed by atoms with E-state index in [4.69, 9.17) is 22.4 Å². The average Bonchev–Trinajstić information content (AvgIpc) is 2.76. The molecule has 1 unspecified atom stereocenters. The Balaban J connectivity index is 2.11. The Hall–Kier alpha value is -3.76. The molecule has 0 bridgehead atoms. The van der Waals surface area contributed by atoms with Gasteiger partial charge in [-0.1, -0.05) is 11.6 Å².